The van der Waals surface area contributed by atoms with E-state index in [0.717, 1.165) is 11.8 Å². The molecule has 2 rings (SSSR count). The van der Waals surface area contributed by atoms with Crippen molar-refractivity contribution >= 4 is 17.9 Å². The average Bonchev–Trinajstić information content (AvgIpc) is 2.84. The van der Waals surface area contributed by atoms with Gasteiger partial charge in [-0.1, -0.05) is 29.8 Å². The van der Waals surface area contributed by atoms with Gasteiger partial charge in [-0.3, -0.25) is 0 Å². The zero-order valence-corrected chi connectivity index (χ0v) is 6.99. The molecule has 0 bridgehead atoms. The SMILES string of the molecule is O=C[C@H]1O[C@@H]1c1ccccc1Cl. The Labute approximate surface area is 75.1 Å². The zero-order chi connectivity index (χ0) is 8.55. The minimum absolute atomic E-state index is 0.115. The third kappa shape index (κ3) is 1.24. The van der Waals surface area contributed by atoms with Gasteiger partial charge in [0.2, 0.25) is 0 Å². The number of carbonyl (C=O) groups is 1. The number of epoxide rings is 1. The lowest BCUT2D eigenvalue weighted by Gasteiger charge is -1.96. The Morgan fingerprint density at radius 1 is 1.42 bits per heavy atom. The summed E-state index contributed by atoms with van der Waals surface area (Å²) in [4.78, 5) is 10.3. The highest BCUT2D eigenvalue weighted by molar-refractivity contribution is 6.31. The molecule has 0 spiro atoms. The van der Waals surface area contributed by atoms with Crippen LogP contribution in [0, 0.1) is 0 Å². The molecule has 0 unspecified atom stereocenters. The molecule has 1 saturated heterocycles. The summed E-state index contributed by atoms with van der Waals surface area (Å²) in [5.41, 5.74) is 0.899. The molecule has 1 heterocycles. The lowest BCUT2D eigenvalue weighted by atomic mass is 10.1. The second-order valence-electron chi connectivity index (χ2n) is 2.68. The number of rotatable bonds is 2. The molecule has 62 valence electrons. The van der Waals surface area contributed by atoms with Gasteiger partial charge >= 0.3 is 0 Å². The molecule has 0 aliphatic carbocycles. The first-order valence-electron chi connectivity index (χ1n) is 3.68. The van der Waals surface area contributed by atoms with Crippen molar-refractivity contribution in [1.82, 2.24) is 0 Å². The third-order valence-corrected chi connectivity index (χ3v) is 2.22. The topological polar surface area (TPSA) is 29.6 Å². The maximum absolute atomic E-state index is 10.3. The molecule has 0 saturated carbocycles. The second kappa shape index (κ2) is 2.88. The fourth-order valence-electron chi connectivity index (χ4n) is 1.18. The van der Waals surface area contributed by atoms with Crippen LogP contribution in [0.25, 0.3) is 0 Å². The van der Waals surface area contributed by atoms with Crippen LogP contribution in [0.5, 0.6) is 0 Å². The fourth-order valence-corrected chi connectivity index (χ4v) is 1.43. The van der Waals surface area contributed by atoms with E-state index in [0.29, 0.717) is 5.02 Å². The van der Waals surface area contributed by atoms with Gasteiger partial charge in [-0.2, -0.15) is 0 Å². The van der Waals surface area contributed by atoms with Crippen molar-refractivity contribution in [1.29, 1.82) is 0 Å². The molecule has 1 fully saturated rings. The van der Waals surface area contributed by atoms with Crippen LogP contribution in [0.3, 0.4) is 0 Å². The van der Waals surface area contributed by atoms with Crippen molar-refractivity contribution in [3.63, 3.8) is 0 Å². The van der Waals surface area contributed by atoms with E-state index in [-0.39, 0.29) is 12.2 Å². The van der Waals surface area contributed by atoms with E-state index in [4.69, 9.17) is 16.3 Å². The quantitative estimate of drug-likeness (QED) is 0.517. The van der Waals surface area contributed by atoms with Crippen molar-refractivity contribution in [2.45, 2.75) is 12.2 Å². The number of carbonyl (C=O) groups excluding carboxylic acids is 1. The van der Waals surface area contributed by atoms with E-state index in [1.807, 2.05) is 18.2 Å². The van der Waals surface area contributed by atoms with Crippen LogP contribution in [0.4, 0.5) is 0 Å². The van der Waals surface area contributed by atoms with Crippen molar-refractivity contribution < 1.29 is 9.53 Å². The predicted molar refractivity (Wildman–Crippen MR) is 45.1 cm³/mol. The molecule has 1 aromatic rings. The number of aldehydes is 1. The monoisotopic (exact) mass is 182 g/mol. The summed E-state index contributed by atoms with van der Waals surface area (Å²) in [6.07, 6.45) is 0.398. The van der Waals surface area contributed by atoms with Gasteiger partial charge in [-0.25, -0.2) is 0 Å². The predicted octanol–water partition coefficient (Wildman–Crippen LogP) is 1.98. The molecule has 1 aliphatic heterocycles. The summed E-state index contributed by atoms with van der Waals surface area (Å²) in [5, 5.41) is 0.659. The van der Waals surface area contributed by atoms with Crippen molar-refractivity contribution in [2.75, 3.05) is 0 Å². The number of hydrogen-bond donors (Lipinski definition) is 0. The Morgan fingerprint density at radius 3 is 2.75 bits per heavy atom. The molecule has 1 aromatic carbocycles. The van der Waals surface area contributed by atoms with Crippen LogP contribution in [0.15, 0.2) is 24.3 Å². The lowest BCUT2D eigenvalue weighted by molar-refractivity contribution is -0.108. The first-order valence-corrected chi connectivity index (χ1v) is 4.06. The summed E-state index contributed by atoms with van der Waals surface area (Å²) in [6, 6.07) is 7.39. The Morgan fingerprint density at radius 2 is 2.17 bits per heavy atom. The van der Waals surface area contributed by atoms with Crippen molar-refractivity contribution in [3.05, 3.63) is 34.9 Å². The molecule has 0 aromatic heterocycles. The Balaban J connectivity index is 2.25. The summed E-state index contributed by atoms with van der Waals surface area (Å²) in [6.45, 7) is 0. The van der Waals surface area contributed by atoms with Crippen LogP contribution in [0.2, 0.25) is 5.02 Å². The first kappa shape index (κ1) is 7.77. The van der Waals surface area contributed by atoms with E-state index in [1.54, 1.807) is 6.07 Å². The summed E-state index contributed by atoms with van der Waals surface area (Å²) in [7, 11) is 0. The standard InChI is InChI=1S/C9H7ClO2/c10-7-4-2-1-3-6(7)9-8(5-11)12-9/h1-5,8-9H/t8-,9-/m1/s1. The maximum atomic E-state index is 10.3. The summed E-state index contributed by atoms with van der Waals surface area (Å²) >= 11 is 5.89. The smallest absolute Gasteiger partial charge is 0.151 e. The van der Waals surface area contributed by atoms with Crippen LogP contribution >= 0.6 is 11.6 Å². The van der Waals surface area contributed by atoms with Gasteiger partial charge in [-0.15, -0.1) is 0 Å². The molecule has 2 atom stereocenters. The Bertz CT molecular complexity index is 311. The molecular weight excluding hydrogens is 176 g/mol. The highest BCUT2D eigenvalue weighted by Crippen LogP contribution is 2.40. The van der Waals surface area contributed by atoms with Crippen LogP contribution in [-0.4, -0.2) is 12.4 Å². The zero-order valence-electron chi connectivity index (χ0n) is 6.24. The van der Waals surface area contributed by atoms with Gasteiger partial charge in [0.05, 0.1) is 0 Å². The van der Waals surface area contributed by atoms with Gasteiger partial charge in [0.25, 0.3) is 0 Å². The highest BCUT2D eigenvalue weighted by Gasteiger charge is 2.40. The van der Waals surface area contributed by atoms with Crippen molar-refractivity contribution in [3.8, 4) is 0 Å². The first-order chi connectivity index (χ1) is 5.83. The largest absolute Gasteiger partial charge is 0.356 e. The molecule has 0 radical (unpaired) electrons. The fraction of sp³-hybridized carbons (Fsp3) is 0.222. The minimum atomic E-state index is -0.287. The maximum Gasteiger partial charge on any atom is 0.151 e. The Hall–Kier alpha value is -0.860. The number of ether oxygens (including phenoxy) is 1. The van der Waals surface area contributed by atoms with Gasteiger partial charge < -0.3 is 9.53 Å². The highest BCUT2D eigenvalue weighted by atomic mass is 35.5. The third-order valence-electron chi connectivity index (χ3n) is 1.87. The summed E-state index contributed by atoms with van der Waals surface area (Å²) in [5.74, 6) is 0. The van der Waals surface area contributed by atoms with E-state index in [9.17, 15) is 4.79 Å². The van der Waals surface area contributed by atoms with Crippen LogP contribution < -0.4 is 0 Å². The number of halogens is 1. The number of benzene rings is 1. The average molecular weight is 183 g/mol. The van der Waals surface area contributed by atoms with E-state index < -0.39 is 0 Å². The molecule has 12 heavy (non-hydrogen) atoms. The molecular formula is C9H7ClO2. The lowest BCUT2D eigenvalue weighted by Crippen LogP contribution is -1.89. The molecule has 0 amide bonds. The van der Waals surface area contributed by atoms with Gasteiger partial charge in [0.1, 0.15) is 12.2 Å². The Kier molecular flexibility index (Phi) is 1.87. The van der Waals surface area contributed by atoms with E-state index >= 15 is 0 Å². The molecule has 2 nitrogen and oxygen atoms in total. The molecule has 0 N–H and O–H groups in total. The minimum Gasteiger partial charge on any atom is -0.356 e. The molecule has 1 aliphatic rings. The van der Waals surface area contributed by atoms with Crippen LogP contribution in [0.1, 0.15) is 11.7 Å². The van der Waals surface area contributed by atoms with Crippen LogP contribution in [-0.2, 0) is 9.53 Å². The van der Waals surface area contributed by atoms with Gasteiger partial charge in [-0.05, 0) is 6.07 Å². The van der Waals surface area contributed by atoms with E-state index in [2.05, 4.69) is 0 Å². The van der Waals surface area contributed by atoms with Crippen molar-refractivity contribution in [2.24, 2.45) is 0 Å². The van der Waals surface area contributed by atoms with E-state index in [1.165, 1.54) is 0 Å². The molecule has 3 heteroatoms. The number of hydrogen-bond acceptors (Lipinski definition) is 2. The summed E-state index contributed by atoms with van der Waals surface area (Å²) < 4.78 is 5.08. The normalized spacial score (nSPS) is 26.8. The van der Waals surface area contributed by atoms with Gasteiger partial charge in [0.15, 0.2) is 6.29 Å². The second-order valence-corrected chi connectivity index (χ2v) is 3.09. The van der Waals surface area contributed by atoms with Gasteiger partial charge in [0, 0.05) is 10.6 Å².